The van der Waals surface area contributed by atoms with Crippen LogP contribution in [0.3, 0.4) is 0 Å². The second kappa shape index (κ2) is 4.83. The summed E-state index contributed by atoms with van der Waals surface area (Å²) in [5.41, 5.74) is 0.00854. The number of pyridine rings is 1. The van der Waals surface area contributed by atoms with E-state index in [9.17, 15) is 9.59 Å². The summed E-state index contributed by atoms with van der Waals surface area (Å²) in [4.78, 5) is 27.5. The van der Waals surface area contributed by atoms with Crippen molar-refractivity contribution in [2.24, 2.45) is 0 Å². The maximum absolute atomic E-state index is 12.1. The molecule has 1 saturated carbocycles. The highest BCUT2D eigenvalue weighted by Gasteiger charge is 2.32. The van der Waals surface area contributed by atoms with E-state index in [-0.39, 0.29) is 17.5 Å². The summed E-state index contributed by atoms with van der Waals surface area (Å²) < 4.78 is 0. The lowest BCUT2D eigenvalue weighted by Crippen LogP contribution is -2.35. The van der Waals surface area contributed by atoms with Gasteiger partial charge in [-0.2, -0.15) is 5.26 Å². The lowest BCUT2D eigenvalue weighted by Gasteiger charge is -2.20. The highest BCUT2D eigenvalue weighted by atomic mass is 16.2. The molecule has 1 heterocycles. The average molecular weight is 231 g/mol. The van der Waals surface area contributed by atoms with Crippen LogP contribution in [0.4, 0.5) is 0 Å². The predicted octanol–water partition coefficient (Wildman–Crippen LogP) is 0.893. The van der Waals surface area contributed by atoms with Gasteiger partial charge in [-0.15, -0.1) is 0 Å². The third kappa shape index (κ3) is 2.72. The van der Waals surface area contributed by atoms with Gasteiger partial charge in [0.25, 0.3) is 5.91 Å². The van der Waals surface area contributed by atoms with Crippen molar-refractivity contribution in [2.45, 2.75) is 25.3 Å². The Labute approximate surface area is 98.7 Å². The fourth-order valence-electron chi connectivity index (χ4n) is 1.73. The van der Waals surface area contributed by atoms with Crippen molar-refractivity contribution in [1.82, 2.24) is 9.88 Å². The second-order valence-corrected chi connectivity index (χ2v) is 4.07. The summed E-state index contributed by atoms with van der Waals surface area (Å²) in [5, 5.41) is 8.57. The largest absolute Gasteiger partial charge is 0.333 e. The molecule has 2 rings (SSSR count). The van der Waals surface area contributed by atoms with Crippen LogP contribution in [0.15, 0.2) is 23.0 Å². The highest BCUT2D eigenvalue weighted by molar-refractivity contribution is 5.92. The maximum atomic E-state index is 12.1. The number of nitriles is 1. The number of hydrogen-bond donors (Lipinski definition) is 1. The fourth-order valence-corrected chi connectivity index (χ4v) is 1.73. The lowest BCUT2D eigenvalue weighted by atomic mass is 10.3. The molecule has 0 spiro atoms. The van der Waals surface area contributed by atoms with E-state index >= 15 is 0 Å². The Bertz CT molecular complexity index is 511. The molecule has 0 aliphatic heterocycles. The molecule has 0 atom stereocenters. The first-order valence-corrected chi connectivity index (χ1v) is 5.59. The number of aromatic nitrogens is 1. The third-order valence-corrected chi connectivity index (χ3v) is 2.71. The van der Waals surface area contributed by atoms with Crippen LogP contribution in [0, 0.1) is 11.3 Å². The molecule has 1 aromatic heterocycles. The van der Waals surface area contributed by atoms with Crippen molar-refractivity contribution in [2.75, 3.05) is 6.54 Å². The van der Waals surface area contributed by atoms with Gasteiger partial charge in [-0.3, -0.25) is 9.59 Å². The van der Waals surface area contributed by atoms with Crippen LogP contribution < -0.4 is 5.56 Å². The summed E-state index contributed by atoms with van der Waals surface area (Å²) in [6, 6.07) is 6.78. The summed E-state index contributed by atoms with van der Waals surface area (Å²) in [5.74, 6) is -0.194. The van der Waals surface area contributed by atoms with Crippen LogP contribution in [0.2, 0.25) is 0 Å². The SMILES string of the molecule is N#CCCN(C(=O)c1cccc(=O)[nH]1)C1CC1. The molecular formula is C12H13N3O2. The van der Waals surface area contributed by atoms with Gasteiger partial charge >= 0.3 is 0 Å². The second-order valence-electron chi connectivity index (χ2n) is 4.07. The molecule has 1 amide bonds. The molecule has 5 nitrogen and oxygen atoms in total. The Morgan fingerprint density at radius 2 is 2.29 bits per heavy atom. The Kier molecular flexibility index (Phi) is 3.24. The molecule has 5 heteroatoms. The molecule has 0 saturated heterocycles. The van der Waals surface area contributed by atoms with Crippen LogP contribution in [-0.2, 0) is 0 Å². The average Bonchev–Trinajstić information content (AvgIpc) is 3.14. The molecule has 0 aromatic carbocycles. The van der Waals surface area contributed by atoms with E-state index in [2.05, 4.69) is 4.98 Å². The number of aromatic amines is 1. The molecule has 1 N–H and O–H groups in total. The van der Waals surface area contributed by atoms with Crippen LogP contribution in [0.1, 0.15) is 29.8 Å². The molecule has 1 fully saturated rings. The van der Waals surface area contributed by atoms with Crippen molar-refractivity contribution < 1.29 is 4.79 Å². The number of H-pyrrole nitrogens is 1. The number of nitrogens with zero attached hydrogens (tertiary/aromatic N) is 2. The van der Waals surface area contributed by atoms with Gasteiger partial charge in [0.15, 0.2) is 0 Å². The number of hydrogen-bond acceptors (Lipinski definition) is 3. The molecule has 1 aliphatic rings. The predicted molar refractivity (Wildman–Crippen MR) is 61.4 cm³/mol. The van der Waals surface area contributed by atoms with Gasteiger partial charge in [-0.25, -0.2) is 0 Å². The minimum atomic E-state index is -0.285. The van der Waals surface area contributed by atoms with E-state index < -0.39 is 0 Å². The highest BCUT2D eigenvalue weighted by Crippen LogP contribution is 2.27. The summed E-state index contributed by atoms with van der Waals surface area (Å²) >= 11 is 0. The number of amides is 1. The quantitative estimate of drug-likeness (QED) is 0.836. The fraction of sp³-hybridized carbons (Fsp3) is 0.417. The molecule has 0 unspecified atom stereocenters. The van der Waals surface area contributed by atoms with Gasteiger partial charge in [-0.05, 0) is 18.9 Å². The summed E-state index contributed by atoms with van der Waals surface area (Å²) in [6.07, 6.45) is 2.28. The van der Waals surface area contributed by atoms with Crippen LogP contribution >= 0.6 is 0 Å². The van der Waals surface area contributed by atoms with Gasteiger partial charge in [0.1, 0.15) is 5.69 Å². The van der Waals surface area contributed by atoms with E-state index in [0.29, 0.717) is 18.7 Å². The Balaban J connectivity index is 2.16. The van der Waals surface area contributed by atoms with Gasteiger partial charge in [-0.1, -0.05) is 6.07 Å². The standard InChI is InChI=1S/C12H13N3O2/c13-7-2-8-15(9-5-6-9)12(17)10-3-1-4-11(16)14-10/h1,3-4,9H,2,5-6,8H2,(H,14,16). The van der Waals surface area contributed by atoms with Gasteiger partial charge in [0, 0.05) is 18.7 Å². The molecule has 0 bridgehead atoms. The lowest BCUT2D eigenvalue weighted by molar-refractivity contribution is 0.0740. The zero-order chi connectivity index (χ0) is 12.3. The van der Waals surface area contributed by atoms with Crippen molar-refractivity contribution in [3.05, 3.63) is 34.2 Å². The van der Waals surface area contributed by atoms with Crippen molar-refractivity contribution in [3.63, 3.8) is 0 Å². The van der Waals surface area contributed by atoms with Crippen LogP contribution in [0.25, 0.3) is 0 Å². The van der Waals surface area contributed by atoms with Crippen LogP contribution in [0.5, 0.6) is 0 Å². The first-order valence-electron chi connectivity index (χ1n) is 5.59. The molecule has 1 aliphatic carbocycles. The van der Waals surface area contributed by atoms with Crippen molar-refractivity contribution >= 4 is 5.91 Å². The third-order valence-electron chi connectivity index (χ3n) is 2.71. The normalized spacial score (nSPS) is 14.1. The van der Waals surface area contributed by atoms with E-state index in [4.69, 9.17) is 5.26 Å². The van der Waals surface area contributed by atoms with Crippen molar-refractivity contribution in [3.8, 4) is 6.07 Å². The Morgan fingerprint density at radius 3 is 2.88 bits per heavy atom. The maximum Gasteiger partial charge on any atom is 0.270 e. The monoisotopic (exact) mass is 231 g/mol. The topological polar surface area (TPSA) is 77.0 Å². The Hall–Kier alpha value is -2.09. The smallest absolute Gasteiger partial charge is 0.270 e. The van der Waals surface area contributed by atoms with Gasteiger partial charge in [0.05, 0.1) is 12.5 Å². The molecular weight excluding hydrogens is 218 g/mol. The Morgan fingerprint density at radius 1 is 1.53 bits per heavy atom. The van der Waals surface area contributed by atoms with Gasteiger partial charge in [0.2, 0.25) is 5.56 Å². The zero-order valence-corrected chi connectivity index (χ0v) is 9.35. The van der Waals surface area contributed by atoms with E-state index in [1.54, 1.807) is 17.0 Å². The van der Waals surface area contributed by atoms with Gasteiger partial charge < -0.3 is 9.88 Å². The van der Waals surface area contributed by atoms with Crippen LogP contribution in [-0.4, -0.2) is 28.4 Å². The van der Waals surface area contributed by atoms with Crippen molar-refractivity contribution in [1.29, 1.82) is 5.26 Å². The molecule has 17 heavy (non-hydrogen) atoms. The minimum absolute atomic E-state index is 0.194. The molecule has 0 radical (unpaired) electrons. The zero-order valence-electron chi connectivity index (χ0n) is 9.35. The number of carbonyl (C=O) groups is 1. The summed E-state index contributed by atoms with van der Waals surface area (Å²) in [6.45, 7) is 0.428. The molecule has 1 aromatic rings. The van der Waals surface area contributed by atoms with E-state index in [0.717, 1.165) is 12.8 Å². The first-order chi connectivity index (χ1) is 8.22. The minimum Gasteiger partial charge on any atom is -0.333 e. The number of carbonyl (C=O) groups excluding carboxylic acids is 1. The molecule has 88 valence electrons. The van der Waals surface area contributed by atoms with E-state index in [1.165, 1.54) is 6.07 Å². The first kappa shape index (κ1) is 11.4. The van der Waals surface area contributed by atoms with E-state index in [1.807, 2.05) is 6.07 Å². The summed E-state index contributed by atoms with van der Waals surface area (Å²) in [7, 11) is 0. The number of rotatable bonds is 4. The number of nitrogens with one attached hydrogen (secondary N) is 1.